The summed E-state index contributed by atoms with van der Waals surface area (Å²) in [6.07, 6.45) is 2.10. The second kappa shape index (κ2) is 7.29. The van der Waals surface area contributed by atoms with Gasteiger partial charge in [0.25, 0.3) is 5.91 Å². The summed E-state index contributed by atoms with van der Waals surface area (Å²) >= 11 is 0. The van der Waals surface area contributed by atoms with E-state index in [9.17, 15) is 4.79 Å². The monoisotopic (exact) mass is 275 g/mol. The molecule has 110 valence electrons. The van der Waals surface area contributed by atoms with E-state index >= 15 is 0 Å². The summed E-state index contributed by atoms with van der Waals surface area (Å²) in [6, 6.07) is 7.83. The Bertz CT molecular complexity index is 447. The van der Waals surface area contributed by atoms with Crippen LogP contribution in [0.15, 0.2) is 24.3 Å². The van der Waals surface area contributed by atoms with Gasteiger partial charge in [-0.3, -0.25) is 4.79 Å². The van der Waals surface area contributed by atoms with Crippen molar-refractivity contribution in [2.45, 2.75) is 19.8 Å². The fourth-order valence-electron chi connectivity index (χ4n) is 2.50. The molecule has 0 radical (unpaired) electrons. The van der Waals surface area contributed by atoms with E-state index < -0.39 is 0 Å². The number of benzene rings is 1. The van der Waals surface area contributed by atoms with Crippen LogP contribution in [0.3, 0.4) is 0 Å². The quantitative estimate of drug-likeness (QED) is 0.916. The Kier molecular flexibility index (Phi) is 5.41. The van der Waals surface area contributed by atoms with Crippen LogP contribution in [0, 0.1) is 0 Å². The van der Waals surface area contributed by atoms with Crippen LogP contribution in [0.4, 0.5) is 5.69 Å². The second-order valence-electron chi connectivity index (χ2n) is 5.42. The predicted molar refractivity (Wildman–Crippen MR) is 83.2 cm³/mol. The molecule has 4 heteroatoms. The molecule has 1 aromatic carbocycles. The number of para-hydroxylation sites is 1. The van der Waals surface area contributed by atoms with Gasteiger partial charge in [-0.2, -0.15) is 0 Å². The largest absolute Gasteiger partial charge is 0.384 e. The number of hydrogen-bond donors (Lipinski definition) is 1. The molecule has 1 heterocycles. The maximum atomic E-state index is 12.7. The van der Waals surface area contributed by atoms with E-state index in [1.807, 2.05) is 29.2 Å². The summed E-state index contributed by atoms with van der Waals surface area (Å²) in [5, 5.41) is 3.35. The van der Waals surface area contributed by atoms with Crippen molar-refractivity contribution in [1.82, 2.24) is 9.80 Å². The Labute approximate surface area is 121 Å². The second-order valence-corrected chi connectivity index (χ2v) is 5.42. The van der Waals surface area contributed by atoms with Crippen LogP contribution < -0.4 is 5.32 Å². The van der Waals surface area contributed by atoms with Crippen LogP contribution in [-0.4, -0.2) is 55.5 Å². The van der Waals surface area contributed by atoms with Gasteiger partial charge in [0.05, 0.1) is 5.56 Å². The van der Waals surface area contributed by atoms with Gasteiger partial charge in [-0.25, -0.2) is 0 Å². The lowest BCUT2D eigenvalue weighted by atomic mass is 10.1. The Balaban J connectivity index is 2.11. The highest BCUT2D eigenvalue weighted by Crippen LogP contribution is 2.18. The van der Waals surface area contributed by atoms with Crippen molar-refractivity contribution < 1.29 is 4.79 Å². The lowest BCUT2D eigenvalue weighted by Gasteiger charge is -2.22. The molecule has 20 heavy (non-hydrogen) atoms. The van der Waals surface area contributed by atoms with Crippen LogP contribution in [0.2, 0.25) is 0 Å². The average Bonchev–Trinajstić information content (AvgIpc) is 2.69. The Morgan fingerprint density at radius 3 is 2.80 bits per heavy atom. The summed E-state index contributed by atoms with van der Waals surface area (Å²) in [5.41, 5.74) is 1.75. The minimum Gasteiger partial charge on any atom is -0.384 e. The first-order valence-electron chi connectivity index (χ1n) is 7.53. The standard InChI is InChI=1S/C16H25N3O/c1-3-9-17-15-8-5-4-7-14(15)16(20)19-11-6-10-18(2)12-13-19/h4-5,7-8,17H,3,6,9-13H2,1-2H3. The van der Waals surface area contributed by atoms with Crippen molar-refractivity contribution in [1.29, 1.82) is 0 Å². The van der Waals surface area contributed by atoms with Crippen molar-refractivity contribution >= 4 is 11.6 Å². The molecule has 2 rings (SSSR count). The van der Waals surface area contributed by atoms with E-state index in [2.05, 4.69) is 24.2 Å². The number of hydrogen-bond acceptors (Lipinski definition) is 3. The molecule has 1 amide bonds. The van der Waals surface area contributed by atoms with Crippen LogP contribution in [0.1, 0.15) is 30.1 Å². The molecule has 4 nitrogen and oxygen atoms in total. The van der Waals surface area contributed by atoms with Crippen molar-refractivity contribution in [3.05, 3.63) is 29.8 Å². The van der Waals surface area contributed by atoms with E-state index in [-0.39, 0.29) is 5.91 Å². The minimum atomic E-state index is 0.152. The van der Waals surface area contributed by atoms with E-state index in [1.165, 1.54) is 0 Å². The molecule has 0 aliphatic carbocycles. The van der Waals surface area contributed by atoms with Crippen LogP contribution in [-0.2, 0) is 0 Å². The molecule has 0 unspecified atom stereocenters. The zero-order chi connectivity index (χ0) is 14.4. The third-order valence-corrected chi connectivity index (χ3v) is 3.73. The highest BCUT2D eigenvalue weighted by Gasteiger charge is 2.20. The lowest BCUT2D eigenvalue weighted by Crippen LogP contribution is -2.34. The van der Waals surface area contributed by atoms with E-state index in [0.29, 0.717) is 0 Å². The molecule has 1 aliphatic rings. The summed E-state index contributed by atoms with van der Waals surface area (Å²) in [7, 11) is 2.12. The van der Waals surface area contributed by atoms with Gasteiger partial charge < -0.3 is 15.1 Å². The van der Waals surface area contributed by atoms with Gasteiger partial charge in [0, 0.05) is 31.9 Å². The molecule has 1 N–H and O–H groups in total. The predicted octanol–water partition coefficient (Wildman–Crippen LogP) is 2.29. The molecular weight excluding hydrogens is 250 g/mol. The number of nitrogens with one attached hydrogen (secondary N) is 1. The van der Waals surface area contributed by atoms with Crippen LogP contribution >= 0.6 is 0 Å². The highest BCUT2D eigenvalue weighted by atomic mass is 16.2. The number of likely N-dealkylation sites (N-methyl/N-ethyl adjacent to an activating group) is 1. The summed E-state index contributed by atoms with van der Waals surface area (Å²) in [6.45, 7) is 6.72. The number of amides is 1. The zero-order valence-corrected chi connectivity index (χ0v) is 12.6. The maximum absolute atomic E-state index is 12.7. The summed E-state index contributed by atoms with van der Waals surface area (Å²) in [5.74, 6) is 0.152. The number of rotatable bonds is 4. The fraction of sp³-hybridized carbons (Fsp3) is 0.562. The third kappa shape index (κ3) is 3.73. The smallest absolute Gasteiger partial charge is 0.255 e. The first kappa shape index (κ1) is 14.9. The maximum Gasteiger partial charge on any atom is 0.255 e. The van der Waals surface area contributed by atoms with Crippen molar-refractivity contribution in [2.75, 3.05) is 45.1 Å². The van der Waals surface area contributed by atoms with E-state index in [4.69, 9.17) is 0 Å². The zero-order valence-electron chi connectivity index (χ0n) is 12.6. The van der Waals surface area contributed by atoms with Crippen LogP contribution in [0.25, 0.3) is 0 Å². The molecule has 0 atom stereocenters. The Morgan fingerprint density at radius 2 is 2.00 bits per heavy atom. The number of anilines is 1. The number of nitrogens with zero attached hydrogens (tertiary/aromatic N) is 2. The first-order chi connectivity index (χ1) is 9.72. The highest BCUT2D eigenvalue weighted by molar-refractivity contribution is 5.99. The molecule has 1 aliphatic heterocycles. The lowest BCUT2D eigenvalue weighted by molar-refractivity contribution is 0.0764. The van der Waals surface area contributed by atoms with Gasteiger partial charge in [-0.05, 0) is 38.6 Å². The Morgan fingerprint density at radius 1 is 1.20 bits per heavy atom. The van der Waals surface area contributed by atoms with Crippen LogP contribution in [0.5, 0.6) is 0 Å². The van der Waals surface area contributed by atoms with Crippen molar-refractivity contribution in [3.8, 4) is 0 Å². The molecular formula is C16H25N3O. The van der Waals surface area contributed by atoms with Crippen molar-refractivity contribution in [2.24, 2.45) is 0 Å². The van der Waals surface area contributed by atoms with Gasteiger partial charge in [0.2, 0.25) is 0 Å². The minimum absolute atomic E-state index is 0.152. The van der Waals surface area contributed by atoms with Gasteiger partial charge in [-0.15, -0.1) is 0 Å². The summed E-state index contributed by atoms with van der Waals surface area (Å²) < 4.78 is 0. The van der Waals surface area contributed by atoms with Gasteiger partial charge in [0.1, 0.15) is 0 Å². The number of carbonyl (C=O) groups excluding carboxylic acids is 1. The normalized spacial score (nSPS) is 16.8. The fourth-order valence-corrected chi connectivity index (χ4v) is 2.50. The Hall–Kier alpha value is -1.55. The number of carbonyl (C=O) groups is 1. The molecule has 1 aromatic rings. The van der Waals surface area contributed by atoms with Gasteiger partial charge >= 0.3 is 0 Å². The molecule has 0 saturated carbocycles. The van der Waals surface area contributed by atoms with E-state index in [0.717, 1.165) is 56.8 Å². The molecule has 1 fully saturated rings. The van der Waals surface area contributed by atoms with E-state index in [1.54, 1.807) is 0 Å². The topological polar surface area (TPSA) is 35.6 Å². The average molecular weight is 275 g/mol. The SMILES string of the molecule is CCCNc1ccccc1C(=O)N1CCCN(C)CC1. The van der Waals surface area contributed by atoms with Gasteiger partial charge in [-0.1, -0.05) is 19.1 Å². The first-order valence-corrected chi connectivity index (χ1v) is 7.53. The molecule has 0 spiro atoms. The van der Waals surface area contributed by atoms with Crippen molar-refractivity contribution in [3.63, 3.8) is 0 Å². The summed E-state index contributed by atoms with van der Waals surface area (Å²) in [4.78, 5) is 17.0. The van der Waals surface area contributed by atoms with Gasteiger partial charge in [0.15, 0.2) is 0 Å². The third-order valence-electron chi connectivity index (χ3n) is 3.73. The molecule has 0 bridgehead atoms. The molecule has 1 saturated heterocycles. The molecule has 0 aromatic heterocycles.